The molecule has 0 radical (unpaired) electrons. The highest BCUT2D eigenvalue weighted by Crippen LogP contribution is 2.44. The summed E-state index contributed by atoms with van der Waals surface area (Å²) < 4.78 is 8.99. The number of nitrogens with zero attached hydrogens (tertiary/aromatic N) is 1. The average Bonchev–Trinajstić information content (AvgIpc) is 3.74. The highest BCUT2D eigenvalue weighted by atomic mass is 32.1. The third-order valence-corrected chi connectivity index (χ3v) is 10.8. The fourth-order valence-electron chi connectivity index (χ4n) is 7.35. The van der Waals surface area contributed by atoms with E-state index in [9.17, 15) is 0 Å². The van der Waals surface area contributed by atoms with E-state index < -0.39 is 0 Å². The van der Waals surface area contributed by atoms with Crippen molar-refractivity contribution in [3.63, 3.8) is 0 Å². The van der Waals surface area contributed by atoms with Crippen LogP contribution in [0.1, 0.15) is 0 Å². The third-order valence-electron chi connectivity index (χ3n) is 9.68. The molecule has 2 nitrogen and oxygen atoms in total. The zero-order valence-corrected chi connectivity index (χ0v) is 27.3. The van der Waals surface area contributed by atoms with Gasteiger partial charge in [0.15, 0.2) is 0 Å². The molecule has 0 N–H and O–H groups in total. The minimum Gasteiger partial charge on any atom is -0.456 e. The first-order chi connectivity index (χ1) is 24.3. The van der Waals surface area contributed by atoms with Gasteiger partial charge in [0.05, 0.1) is 11.1 Å². The van der Waals surface area contributed by atoms with Crippen LogP contribution in [-0.4, -0.2) is 0 Å². The topological polar surface area (TPSA) is 16.4 Å². The number of anilines is 3. The van der Waals surface area contributed by atoms with Gasteiger partial charge < -0.3 is 9.32 Å². The fraction of sp³-hybridized carbons (Fsp3) is 0. The Kier molecular flexibility index (Phi) is 6.39. The van der Waals surface area contributed by atoms with E-state index in [0.717, 1.165) is 39.0 Å². The quantitative estimate of drug-likeness (QED) is 0.186. The Balaban J connectivity index is 1.11. The number of hydrogen-bond donors (Lipinski definition) is 0. The van der Waals surface area contributed by atoms with Gasteiger partial charge >= 0.3 is 0 Å². The third kappa shape index (κ3) is 4.62. The molecule has 0 spiro atoms. The van der Waals surface area contributed by atoms with Crippen LogP contribution in [0.2, 0.25) is 0 Å². The molecule has 2 aromatic heterocycles. The van der Waals surface area contributed by atoms with E-state index in [-0.39, 0.29) is 0 Å². The predicted octanol–water partition coefficient (Wildman–Crippen LogP) is 13.9. The van der Waals surface area contributed by atoms with Crippen molar-refractivity contribution in [1.82, 2.24) is 0 Å². The summed E-state index contributed by atoms with van der Waals surface area (Å²) in [5.41, 5.74) is 9.86. The number of benzene rings is 8. The summed E-state index contributed by atoms with van der Waals surface area (Å²) >= 11 is 1.85. The first-order valence-electron chi connectivity index (χ1n) is 16.6. The van der Waals surface area contributed by atoms with Crippen molar-refractivity contribution in [3.05, 3.63) is 176 Å². The van der Waals surface area contributed by atoms with Gasteiger partial charge in [0.2, 0.25) is 0 Å². The minimum atomic E-state index is 0.879. The summed E-state index contributed by atoms with van der Waals surface area (Å²) in [6.45, 7) is 0. The summed E-state index contributed by atoms with van der Waals surface area (Å²) in [6.07, 6.45) is 0. The van der Waals surface area contributed by atoms with E-state index in [2.05, 4.69) is 169 Å². The number of rotatable bonds is 5. The molecule has 0 aliphatic heterocycles. The Bertz CT molecular complexity index is 2820. The lowest BCUT2D eigenvalue weighted by Crippen LogP contribution is -2.10. The van der Waals surface area contributed by atoms with Gasteiger partial charge in [-0.05, 0) is 93.7 Å². The second-order valence-electron chi connectivity index (χ2n) is 12.5. The standard InChI is InChI=1S/C46H29NOS/c1-2-11-36-31(9-1)10-7-14-37(36)32-21-26-35(27-22-32)47(41-15-8-17-43-46(41)39-13-3-5-16-42(39)48-43)34-24-19-30(20-25-34)33-23-28-45-40(29-33)38-12-4-6-18-44(38)49-45/h1-29H. The van der Waals surface area contributed by atoms with Crippen LogP contribution >= 0.6 is 11.3 Å². The Labute approximate surface area is 287 Å². The van der Waals surface area contributed by atoms with Gasteiger partial charge in [-0.1, -0.05) is 115 Å². The van der Waals surface area contributed by atoms with E-state index in [1.165, 1.54) is 53.2 Å². The van der Waals surface area contributed by atoms with E-state index in [4.69, 9.17) is 4.42 Å². The molecule has 0 aliphatic rings. The highest BCUT2D eigenvalue weighted by molar-refractivity contribution is 7.25. The van der Waals surface area contributed by atoms with Gasteiger partial charge in [0.25, 0.3) is 0 Å². The van der Waals surface area contributed by atoms with Crippen molar-refractivity contribution >= 4 is 81.3 Å². The molecule has 3 heteroatoms. The van der Waals surface area contributed by atoms with Crippen LogP contribution in [0, 0.1) is 0 Å². The molecule has 10 rings (SSSR count). The maximum absolute atomic E-state index is 6.34. The van der Waals surface area contributed by atoms with E-state index in [1.54, 1.807) is 0 Å². The summed E-state index contributed by atoms with van der Waals surface area (Å²) in [5.74, 6) is 0. The first kappa shape index (κ1) is 27.9. The van der Waals surface area contributed by atoms with E-state index >= 15 is 0 Å². The van der Waals surface area contributed by atoms with Gasteiger partial charge in [-0.15, -0.1) is 11.3 Å². The molecule has 2 heterocycles. The van der Waals surface area contributed by atoms with Crippen LogP contribution in [0.4, 0.5) is 17.1 Å². The van der Waals surface area contributed by atoms with Crippen molar-refractivity contribution in [1.29, 1.82) is 0 Å². The number of hydrogen-bond acceptors (Lipinski definition) is 3. The van der Waals surface area contributed by atoms with Crippen LogP contribution in [0.15, 0.2) is 180 Å². The Hall–Kier alpha value is -6.16. The highest BCUT2D eigenvalue weighted by Gasteiger charge is 2.20. The van der Waals surface area contributed by atoms with Gasteiger partial charge in [-0.3, -0.25) is 0 Å². The lowest BCUT2D eigenvalue weighted by Gasteiger charge is -2.26. The maximum Gasteiger partial charge on any atom is 0.137 e. The normalized spacial score (nSPS) is 11.7. The molecule has 230 valence electrons. The van der Waals surface area contributed by atoms with Crippen LogP contribution in [-0.2, 0) is 0 Å². The maximum atomic E-state index is 6.34. The predicted molar refractivity (Wildman–Crippen MR) is 210 cm³/mol. The van der Waals surface area contributed by atoms with Gasteiger partial charge in [-0.25, -0.2) is 0 Å². The molecule has 0 bridgehead atoms. The molecule has 0 saturated carbocycles. The molecule has 10 aromatic rings. The Morgan fingerprint density at radius 3 is 1.86 bits per heavy atom. The Morgan fingerprint density at radius 2 is 1.02 bits per heavy atom. The van der Waals surface area contributed by atoms with Crippen LogP contribution < -0.4 is 4.90 Å². The molecule has 8 aromatic carbocycles. The molecule has 0 unspecified atom stereocenters. The smallest absolute Gasteiger partial charge is 0.137 e. The Morgan fingerprint density at radius 1 is 0.408 bits per heavy atom. The van der Waals surface area contributed by atoms with Crippen LogP contribution in [0.5, 0.6) is 0 Å². The summed E-state index contributed by atoms with van der Waals surface area (Å²) in [7, 11) is 0. The van der Waals surface area contributed by atoms with Gasteiger partial charge in [0.1, 0.15) is 11.2 Å². The van der Waals surface area contributed by atoms with E-state index in [0.29, 0.717) is 0 Å². The van der Waals surface area contributed by atoms with Gasteiger partial charge in [-0.2, -0.15) is 0 Å². The largest absolute Gasteiger partial charge is 0.456 e. The SMILES string of the molecule is c1ccc2c(-c3ccc(N(c4ccc(-c5ccc6sc7ccccc7c6c5)cc4)c4cccc5oc6ccccc6c45)cc3)cccc2c1. The van der Waals surface area contributed by atoms with E-state index in [1.807, 2.05) is 23.5 Å². The summed E-state index contributed by atoms with van der Waals surface area (Å²) in [6, 6.07) is 63.2. The van der Waals surface area contributed by atoms with Crippen molar-refractivity contribution in [2.45, 2.75) is 0 Å². The first-order valence-corrected chi connectivity index (χ1v) is 17.4. The van der Waals surface area contributed by atoms with Crippen LogP contribution in [0.25, 0.3) is 75.1 Å². The summed E-state index contributed by atoms with van der Waals surface area (Å²) in [5, 5.41) is 7.35. The monoisotopic (exact) mass is 643 g/mol. The van der Waals surface area contributed by atoms with Crippen molar-refractivity contribution in [2.24, 2.45) is 0 Å². The molecular formula is C46H29NOS. The molecule has 0 aliphatic carbocycles. The molecule has 0 fully saturated rings. The summed E-state index contributed by atoms with van der Waals surface area (Å²) in [4.78, 5) is 2.36. The number of fused-ring (bicyclic) bond motifs is 7. The van der Waals surface area contributed by atoms with Gasteiger partial charge in [0, 0.05) is 36.9 Å². The average molecular weight is 644 g/mol. The lowest BCUT2D eigenvalue weighted by molar-refractivity contribution is 0.669. The number of para-hydroxylation sites is 1. The fourth-order valence-corrected chi connectivity index (χ4v) is 8.43. The second kappa shape index (κ2) is 11.2. The second-order valence-corrected chi connectivity index (χ2v) is 13.6. The zero-order valence-electron chi connectivity index (χ0n) is 26.5. The molecule has 49 heavy (non-hydrogen) atoms. The number of furan rings is 1. The molecule has 0 atom stereocenters. The van der Waals surface area contributed by atoms with Crippen molar-refractivity contribution < 1.29 is 4.42 Å². The molecule has 0 saturated heterocycles. The molecule has 0 amide bonds. The lowest BCUT2D eigenvalue weighted by atomic mass is 9.98. The van der Waals surface area contributed by atoms with Crippen molar-refractivity contribution in [3.8, 4) is 22.3 Å². The van der Waals surface area contributed by atoms with Crippen molar-refractivity contribution in [2.75, 3.05) is 4.90 Å². The van der Waals surface area contributed by atoms with Crippen LogP contribution in [0.3, 0.4) is 0 Å². The number of thiophene rings is 1. The minimum absolute atomic E-state index is 0.879. The zero-order chi connectivity index (χ0) is 32.3. The molecular weight excluding hydrogens is 615 g/mol.